The number of aliphatic carboxylic acids is 1. The molecule has 2 amide bonds. The number of aromatic nitrogens is 2. The summed E-state index contributed by atoms with van der Waals surface area (Å²) in [6.45, 7) is 0.339. The molecule has 0 aliphatic heterocycles. The fourth-order valence-electron chi connectivity index (χ4n) is 1.94. The number of rotatable bonds is 4. The first-order valence-corrected chi connectivity index (χ1v) is 5.98. The molecule has 0 spiro atoms. The molecule has 0 bridgehead atoms. The van der Waals surface area contributed by atoms with Gasteiger partial charge >= 0.3 is 12.0 Å². The van der Waals surface area contributed by atoms with Crippen LogP contribution in [-0.2, 0) is 18.4 Å². The number of carbonyl (C=O) groups excluding carboxylic acids is 1. The fourth-order valence-corrected chi connectivity index (χ4v) is 1.94. The first kappa shape index (κ1) is 13.1. The molecule has 7 heteroatoms. The first-order valence-electron chi connectivity index (χ1n) is 5.98. The number of urea groups is 1. The van der Waals surface area contributed by atoms with Crippen LogP contribution in [0.5, 0.6) is 0 Å². The number of hydrogen-bond donors (Lipinski definition) is 3. The molecule has 7 nitrogen and oxygen atoms in total. The fraction of sp³-hybridized carbons (Fsp3) is 0.417. The van der Waals surface area contributed by atoms with E-state index in [-0.39, 0.29) is 12.1 Å². The van der Waals surface area contributed by atoms with Gasteiger partial charge in [0, 0.05) is 13.2 Å². The van der Waals surface area contributed by atoms with Gasteiger partial charge < -0.3 is 15.7 Å². The minimum absolute atomic E-state index is 0.232. The number of carboxylic acids is 1. The van der Waals surface area contributed by atoms with Gasteiger partial charge in [-0.25, -0.2) is 4.79 Å². The topological polar surface area (TPSA) is 96.2 Å². The summed E-state index contributed by atoms with van der Waals surface area (Å²) in [5.74, 6) is -1.38. The SMILES string of the molecule is Cn1ccc(CNC(=O)NC2C=CC(C(=O)O)C2)n1. The number of nitrogens with zero attached hydrogens (tertiary/aromatic N) is 2. The molecule has 0 saturated heterocycles. The van der Waals surface area contributed by atoms with Crippen LogP contribution < -0.4 is 10.6 Å². The monoisotopic (exact) mass is 264 g/mol. The van der Waals surface area contributed by atoms with Gasteiger partial charge in [0.05, 0.1) is 24.2 Å². The third kappa shape index (κ3) is 3.57. The Bertz CT molecular complexity index is 509. The Morgan fingerprint density at radius 3 is 2.89 bits per heavy atom. The molecule has 1 aromatic rings. The molecule has 0 aromatic carbocycles. The molecule has 0 radical (unpaired) electrons. The van der Waals surface area contributed by atoms with Crippen LogP contribution in [0.25, 0.3) is 0 Å². The largest absolute Gasteiger partial charge is 0.481 e. The van der Waals surface area contributed by atoms with E-state index < -0.39 is 11.9 Å². The van der Waals surface area contributed by atoms with Gasteiger partial charge in [-0.05, 0) is 12.5 Å². The van der Waals surface area contributed by atoms with Crippen LogP contribution >= 0.6 is 0 Å². The quantitative estimate of drug-likeness (QED) is 0.679. The van der Waals surface area contributed by atoms with E-state index in [0.29, 0.717) is 13.0 Å². The van der Waals surface area contributed by atoms with Gasteiger partial charge in [-0.15, -0.1) is 0 Å². The molecule has 2 atom stereocenters. The molecular formula is C12H16N4O3. The summed E-state index contributed by atoms with van der Waals surface area (Å²) in [5, 5.41) is 18.3. The highest BCUT2D eigenvalue weighted by Gasteiger charge is 2.25. The summed E-state index contributed by atoms with van der Waals surface area (Å²) in [6, 6.07) is 1.26. The third-order valence-corrected chi connectivity index (χ3v) is 2.92. The predicted octanol–water partition coefficient (Wildman–Crippen LogP) is 0.249. The average Bonchev–Trinajstić information content (AvgIpc) is 2.96. The Kier molecular flexibility index (Phi) is 3.84. The van der Waals surface area contributed by atoms with Crippen molar-refractivity contribution in [2.24, 2.45) is 13.0 Å². The summed E-state index contributed by atoms with van der Waals surface area (Å²) in [5.41, 5.74) is 0.767. The highest BCUT2D eigenvalue weighted by Crippen LogP contribution is 2.17. The molecule has 19 heavy (non-hydrogen) atoms. The van der Waals surface area contributed by atoms with Crippen LogP contribution in [0.3, 0.4) is 0 Å². The van der Waals surface area contributed by atoms with E-state index in [1.165, 1.54) is 0 Å². The zero-order valence-electron chi connectivity index (χ0n) is 10.5. The second-order valence-electron chi connectivity index (χ2n) is 4.48. The van der Waals surface area contributed by atoms with Crippen molar-refractivity contribution in [2.75, 3.05) is 0 Å². The lowest BCUT2D eigenvalue weighted by molar-refractivity contribution is -0.140. The maximum Gasteiger partial charge on any atom is 0.315 e. The lowest BCUT2D eigenvalue weighted by Crippen LogP contribution is -2.40. The van der Waals surface area contributed by atoms with Gasteiger partial charge in [-0.3, -0.25) is 9.48 Å². The molecule has 1 aliphatic rings. The van der Waals surface area contributed by atoms with E-state index in [2.05, 4.69) is 15.7 Å². The van der Waals surface area contributed by atoms with Crippen LogP contribution in [0, 0.1) is 5.92 Å². The van der Waals surface area contributed by atoms with Crippen molar-refractivity contribution in [1.29, 1.82) is 0 Å². The zero-order valence-corrected chi connectivity index (χ0v) is 10.5. The summed E-state index contributed by atoms with van der Waals surface area (Å²) in [7, 11) is 1.80. The van der Waals surface area contributed by atoms with Gasteiger partial charge in [-0.1, -0.05) is 12.2 Å². The maximum absolute atomic E-state index is 11.6. The molecule has 1 heterocycles. The number of hydrogen-bond acceptors (Lipinski definition) is 3. The third-order valence-electron chi connectivity index (χ3n) is 2.92. The standard InChI is InChI=1S/C12H16N4O3/c1-16-5-4-10(15-16)7-13-12(19)14-9-3-2-8(6-9)11(17)18/h2-5,8-9H,6-7H2,1H3,(H,17,18)(H2,13,14,19). The van der Waals surface area contributed by atoms with Crippen LogP contribution in [0.2, 0.25) is 0 Å². The number of carboxylic acid groups (broad SMARTS) is 1. The first-order chi connectivity index (χ1) is 9.04. The second kappa shape index (κ2) is 5.55. The van der Waals surface area contributed by atoms with Gasteiger partial charge in [0.2, 0.25) is 0 Å². The van der Waals surface area contributed by atoms with Crippen molar-refractivity contribution >= 4 is 12.0 Å². The highest BCUT2D eigenvalue weighted by molar-refractivity contribution is 5.76. The van der Waals surface area contributed by atoms with E-state index in [0.717, 1.165) is 5.69 Å². The van der Waals surface area contributed by atoms with E-state index in [1.807, 2.05) is 6.07 Å². The molecule has 0 saturated carbocycles. The predicted molar refractivity (Wildman–Crippen MR) is 67.3 cm³/mol. The van der Waals surface area contributed by atoms with Crippen molar-refractivity contribution in [2.45, 2.75) is 19.0 Å². The molecular weight excluding hydrogens is 248 g/mol. The number of carbonyl (C=O) groups is 2. The van der Waals surface area contributed by atoms with Gasteiger partial charge in [0.25, 0.3) is 0 Å². The molecule has 1 aromatic heterocycles. The Morgan fingerprint density at radius 1 is 1.53 bits per heavy atom. The summed E-state index contributed by atoms with van der Waals surface area (Å²) in [6.07, 6.45) is 5.50. The van der Waals surface area contributed by atoms with Gasteiger partial charge in [-0.2, -0.15) is 5.10 Å². The van der Waals surface area contributed by atoms with Crippen molar-refractivity contribution in [3.8, 4) is 0 Å². The molecule has 1 aliphatic carbocycles. The van der Waals surface area contributed by atoms with Gasteiger partial charge in [0.1, 0.15) is 0 Å². The molecule has 2 unspecified atom stereocenters. The normalized spacial score (nSPS) is 21.3. The van der Waals surface area contributed by atoms with Crippen LogP contribution in [0.1, 0.15) is 12.1 Å². The Morgan fingerprint density at radius 2 is 2.32 bits per heavy atom. The molecule has 0 fully saturated rings. The lowest BCUT2D eigenvalue weighted by atomic mass is 10.1. The average molecular weight is 264 g/mol. The van der Waals surface area contributed by atoms with E-state index >= 15 is 0 Å². The van der Waals surface area contributed by atoms with Gasteiger partial charge in [0.15, 0.2) is 0 Å². The minimum Gasteiger partial charge on any atom is -0.481 e. The minimum atomic E-state index is -0.866. The van der Waals surface area contributed by atoms with Crippen molar-refractivity contribution in [3.05, 3.63) is 30.1 Å². The molecule has 102 valence electrons. The van der Waals surface area contributed by atoms with Crippen LogP contribution in [0.4, 0.5) is 4.79 Å². The van der Waals surface area contributed by atoms with E-state index in [1.54, 1.807) is 30.1 Å². The molecule has 2 rings (SSSR count). The number of nitrogens with one attached hydrogen (secondary N) is 2. The second-order valence-corrected chi connectivity index (χ2v) is 4.48. The maximum atomic E-state index is 11.6. The number of amides is 2. The Balaban J connectivity index is 1.74. The van der Waals surface area contributed by atoms with E-state index in [4.69, 9.17) is 5.11 Å². The van der Waals surface area contributed by atoms with Crippen molar-refractivity contribution in [3.63, 3.8) is 0 Å². The van der Waals surface area contributed by atoms with Crippen LogP contribution in [-0.4, -0.2) is 32.9 Å². The van der Waals surface area contributed by atoms with Crippen LogP contribution in [0.15, 0.2) is 24.4 Å². The smallest absolute Gasteiger partial charge is 0.315 e. The lowest BCUT2D eigenvalue weighted by Gasteiger charge is -2.12. The van der Waals surface area contributed by atoms with Crippen molar-refractivity contribution < 1.29 is 14.7 Å². The summed E-state index contributed by atoms with van der Waals surface area (Å²) in [4.78, 5) is 22.4. The molecule has 3 N–H and O–H groups in total. The summed E-state index contributed by atoms with van der Waals surface area (Å²) >= 11 is 0. The zero-order chi connectivity index (χ0) is 13.8. The highest BCUT2D eigenvalue weighted by atomic mass is 16.4. The van der Waals surface area contributed by atoms with E-state index in [9.17, 15) is 9.59 Å². The number of aryl methyl sites for hydroxylation is 1. The Hall–Kier alpha value is -2.31. The Labute approximate surface area is 110 Å². The van der Waals surface area contributed by atoms with Crippen molar-refractivity contribution in [1.82, 2.24) is 20.4 Å². The summed E-state index contributed by atoms with van der Waals surface area (Å²) < 4.78 is 1.66.